The minimum atomic E-state index is -1.29. The largest absolute Gasteiger partial charge is 0.492 e. The molecule has 1 aromatic carbocycles. The third-order valence-corrected chi connectivity index (χ3v) is 12.6. The molecule has 0 aromatic heterocycles. The Morgan fingerprint density at radius 2 is 1.67 bits per heavy atom. The number of carbonyl (C=O) groups is 1. The number of likely N-dealkylation sites (N-methyl/N-ethyl adjacent to an activating group) is 1. The number of aliphatic hydroxyl groups excluding tert-OH is 2. The minimum absolute atomic E-state index is 0.0900. The first kappa shape index (κ1) is 46.0. The monoisotopic (exact) mass is 810 g/mol. The fourth-order valence-corrected chi connectivity index (χ4v) is 9.52. The number of benzene rings is 1. The van der Waals surface area contributed by atoms with Gasteiger partial charge in [0.15, 0.2) is 0 Å². The van der Waals surface area contributed by atoms with E-state index in [1.54, 1.807) is 18.0 Å². The lowest BCUT2D eigenvalue weighted by atomic mass is 9.55. The smallest absolute Gasteiger partial charge is 0.409 e. The van der Waals surface area contributed by atoms with Gasteiger partial charge in [0.1, 0.15) is 30.8 Å². The average molecular weight is 810 g/mol. The predicted octanol–water partition coefficient (Wildman–Crippen LogP) is 9.02. The molecule has 326 valence electrons. The lowest BCUT2D eigenvalue weighted by Crippen LogP contribution is -2.69. The van der Waals surface area contributed by atoms with Crippen LogP contribution in [0, 0.1) is 17.8 Å². The summed E-state index contributed by atoms with van der Waals surface area (Å²) >= 11 is 0. The number of ether oxygens (including phenoxy) is 4. The van der Waals surface area contributed by atoms with Crippen LogP contribution >= 0.6 is 0 Å². The van der Waals surface area contributed by atoms with Gasteiger partial charge in [-0.1, -0.05) is 94.9 Å². The normalized spacial score (nSPS) is 25.3. The minimum Gasteiger partial charge on any atom is -0.492 e. The van der Waals surface area contributed by atoms with Crippen molar-refractivity contribution in [1.29, 1.82) is 0 Å². The second-order valence-corrected chi connectivity index (χ2v) is 16.8. The van der Waals surface area contributed by atoms with Gasteiger partial charge in [0.2, 0.25) is 5.79 Å². The van der Waals surface area contributed by atoms with Gasteiger partial charge in [-0.2, -0.15) is 0 Å². The maximum atomic E-state index is 14.1. The molecule has 4 aliphatic rings. The number of allylic oxidation sites excluding steroid dienone is 1. The van der Waals surface area contributed by atoms with Gasteiger partial charge in [-0.15, -0.1) is 6.58 Å². The van der Waals surface area contributed by atoms with Crippen molar-refractivity contribution in [3.63, 3.8) is 0 Å². The van der Waals surface area contributed by atoms with E-state index in [0.717, 1.165) is 93.6 Å². The van der Waals surface area contributed by atoms with Gasteiger partial charge in [-0.25, -0.2) is 4.79 Å². The summed E-state index contributed by atoms with van der Waals surface area (Å²) in [4.78, 5) is 23.9. The first-order valence-corrected chi connectivity index (χ1v) is 22.9. The third kappa shape index (κ3) is 12.2. The highest BCUT2D eigenvalue weighted by Crippen LogP contribution is 2.61. The maximum Gasteiger partial charge on any atom is 0.409 e. The molecule has 2 aliphatic carbocycles. The standard InChI is InChI=1S/C47H75N3O8/c1-5-8-9-10-11-12-13-14-15-20-31-55-46(53)49(4)43-35-41(48-57-7-3)39-33-36(21-16-18-28-51)38(22-17-19-29-52)44-40-34-37(54-32-27-50-25-26-50)23-24-42(40)58-47(43,45(39)44)56-30-6-2/h6,23-24,33-34,36,38,43-45,51-52H,2,5,7-22,25-32,35H2,1,3-4H3. The molecule has 5 rings (SSSR count). The number of nitrogens with zero attached hydrogens (tertiary/aromatic N) is 3. The molecule has 11 heteroatoms. The Hall–Kier alpha value is -3.12. The van der Waals surface area contributed by atoms with Crippen LogP contribution in [0.3, 0.4) is 0 Å². The summed E-state index contributed by atoms with van der Waals surface area (Å²) in [6.07, 6.45) is 21.1. The van der Waals surface area contributed by atoms with E-state index in [1.807, 2.05) is 19.1 Å². The molecular formula is C47H75N3O8. The topological polar surface area (TPSA) is 122 Å². The van der Waals surface area contributed by atoms with Gasteiger partial charge >= 0.3 is 6.09 Å². The number of rotatable bonds is 29. The highest BCUT2D eigenvalue weighted by atomic mass is 16.7. The van der Waals surface area contributed by atoms with Gasteiger partial charge in [0, 0.05) is 57.8 Å². The molecule has 1 amide bonds. The molecule has 0 radical (unpaired) electrons. The molecule has 1 saturated heterocycles. The number of unbranched alkanes of at least 4 members (excludes halogenated alkanes) is 11. The Kier molecular flexibility index (Phi) is 19.2. The van der Waals surface area contributed by atoms with Crippen LogP contribution in [0.2, 0.25) is 0 Å². The van der Waals surface area contributed by atoms with Crippen molar-refractivity contribution in [2.45, 2.75) is 141 Å². The molecule has 6 unspecified atom stereocenters. The van der Waals surface area contributed by atoms with Crippen LogP contribution in [-0.4, -0.2) is 110 Å². The lowest BCUT2D eigenvalue weighted by molar-refractivity contribution is -0.253. The van der Waals surface area contributed by atoms with E-state index in [4.69, 9.17) is 28.9 Å². The Labute approximate surface area is 349 Å². The quantitative estimate of drug-likeness (QED) is 0.0354. The second-order valence-electron chi connectivity index (χ2n) is 16.8. The van der Waals surface area contributed by atoms with Gasteiger partial charge in [0.25, 0.3) is 0 Å². The molecule has 2 aliphatic heterocycles. The van der Waals surface area contributed by atoms with E-state index >= 15 is 0 Å². The van der Waals surface area contributed by atoms with Crippen molar-refractivity contribution in [3.8, 4) is 11.5 Å². The molecular weight excluding hydrogens is 735 g/mol. The maximum absolute atomic E-state index is 14.1. The van der Waals surface area contributed by atoms with Crippen molar-refractivity contribution in [2.75, 3.05) is 66.3 Å². The van der Waals surface area contributed by atoms with Crippen molar-refractivity contribution < 1.29 is 38.8 Å². The van der Waals surface area contributed by atoms with E-state index in [-0.39, 0.29) is 43.5 Å². The van der Waals surface area contributed by atoms with Crippen LogP contribution < -0.4 is 9.47 Å². The molecule has 2 heterocycles. The Morgan fingerprint density at radius 3 is 2.34 bits per heavy atom. The molecule has 58 heavy (non-hydrogen) atoms. The van der Waals surface area contributed by atoms with Crippen molar-refractivity contribution in [1.82, 2.24) is 9.80 Å². The third-order valence-electron chi connectivity index (χ3n) is 12.6. The van der Waals surface area contributed by atoms with E-state index in [1.165, 1.54) is 44.9 Å². The summed E-state index contributed by atoms with van der Waals surface area (Å²) in [7, 11) is 1.79. The molecule has 0 bridgehead atoms. The van der Waals surface area contributed by atoms with E-state index < -0.39 is 17.9 Å². The molecule has 6 atom stereocenters. The number of fused-ring (bicyclic) bond motifs is 2. The number of hydrogen-bond acceptors (Lipinski definition) is 10. The average Bonchev–Trinajstić information content (AvgIpc) is 4.07. The van der Waals surface area contributed by atoms with Crippen molar-refractivity contribution in [2.24, 2.45) is 22.9 Å². The van der Waals surface area contributed by atoms with Crippen LogP contribution in [-0.2, 0) is 14.3 Å². The zero-order chi connectivity index (χ0) is 41.2. The molecule has 11 nitrogen and oxygen atoms in total. The number of hydrogen-bond donors (Lipinski definition) is 2. The van der Waals surface area contributed by atoms with Gasteiger partial charge in [-0.05, 0) is 74.6 Å². The zero-order valence-electron chi connectivity index (χ0n) is 36.1. The van der Waals surface area contributed by atoms with E-state index in [0.29, 0.717) is 38.4 Å². The lowest BCUT2D eigenvalue weighted by Gasteiger charge is -2.59. The number of carbonyl (C=O) groups excluding carboxylic acids is 1. The van der Waals surface area contributed by atoms with E-state index in [9.17, 15) is 15.0 Å². The second kappa shape index (κ2) is 24.2. The van der Waals surface area contributed by atoms with Gasteiger partial charge in [-0.3, -0.25) is 4.90 Å². The summed E-state index contributed by atoms with van der Waals surface area (Å²) in [5.74, 6) is 0.109. The summed E-state index contributed by atoms with van der Waals surface area (Å²) in [6.45, 7) is 13.2. The molecule has 2 N–H and O–H groups in total. The number of amides is 1. The SMILES string of the molecule is C=CCOC12Oc3ccc(OCCN4CC4)cc3C3C(CCCCO)C(CCCCO)C=C(C(=NOCC)CC1N(C)C(=O)OCCCCCCCCCCCC)C32. The summed E-state index contributed by atoms with van der Waals surface area (Å²) in [5, 5.41) is 24.4. The Bertz CT molecular complexity index is 1470. The highest BCUT2D eigenvalue weighted by Gasteiger charge is 2.65. The summed E-state index contributed by atoms with van der Waals surface area (Å²) in [5.41, 5.74) is 2.87. The van der Waals surface area contributed by atoms with Crippen LogP contribution in [0.1, 0.15) is 134 Å². The molecule has 2 fully saturated rings. The number of aliphatic hydroxyl groups is 2. The summed E-state index contributed by atoms with van der Waals surface area (Å²) in [6, 6.07) is 5.54. The zero-order valence-corrected chi connectivity index (χ0v) is 36.1. The van der Waals surface area contributed by atoms with Crippen LogP contribution in [0.4, 0.5) is 4.79 Å². The van der Waals surface area contributed by atoms with Gasteiger partial charge < -0.3 is 38.9 Å². The van der Waals surface area contributed by atoms with Crippen molar-refractivity contribution in [3.05, 3.63) is 48.1 Å². The Morgan fingerprint density at radius 1 is 0.966 bits per heavy atom. The first-order valence-electron chi connectivity index (χ1n) is 22.9. The Balaban J connectivity index is 1.47. The van der Waals surface area contributed by atoms with Gasteiger partial charge in [0.05, 0.1) is 24.8 Å². The van der Waals surface area contributed by atoms with E-state index in [2.05, 4.69) is 30.5 Å². The fraction of sp³-hybridized carbons (Fsp3) is 0.745. The van der Waals surface area contributed by atoms with Crippen molar-refractivity contribution >= 4 is 11.8 Å². The van der Waals surface area contributed by atoms with Crippen LogP contribution in [0.15, 0.2) is 47.7 Å². The summed E-state index contributed by atoms with van der Waals surface area (Å²) < 4.78 is 26.5. The van der Waals surface area contributed by atoms with Crippen LogP contribution in [0.5, 0.6) is 11.5 Å². The fourth-order valence-electron chi connectivity index (χ4n) is 9.52. The predicted molar refractivity (Wildman–Crippen MR) is 229 cm³/mol. The van der Waals surface area contributed by atoms with Crippen LogP contribution in [0.25, 0.3) is 0 Å². The first-order chi connectivity index (χ1) is 28.4. The molecule has 1 aromatic rings. The number of oxime groups is 1. The molecule has 0 spiro atoms. The highest BCUT2D eigenvalue weighted by molar-refractivity contribution is 6.02. The molecule has 1 saturated carbocycles.